The number of piperidine rings is 1. The van der Waals surface area contributed by atoms with Gasteiger partial charge in [-0.25, -0.2) is 4.79 Å². The average Bonchev–Trinajstić information content (AvgIpc) is 2.46. The predicted molar refractivity (Wildman–Crippen MR) is 77.4 cm³/mol. The molecule has 0 bridgehead atoms. The Labute approximate surface area is 116 Å². The molecule has 5 heteroatoms. The molecular weight excluding hydrogens is 240 g/mol. The van der Waals surface area contributed by atoms with Crippen molar-refractivity contribution in [1.82, 2.24) is 20.0 Å². The highest BCUT2D eigenvalue weighted by atomic mass is 16.2. The summed E-state index contributed by atoms with van der Waals surface area (Å²) < 4.78 is 0. The number of nitrogens with one attached hydrogen (secondary N) is 1. The van der Waals surface area contributed by atoms with Gasteiger partial charge < -0.3 is 15.1 Å². The van der Waals surface area contributed by atoms with Crippen molar-refractivity contribution in [3.05, 3.63) is 0 Å². The highest BCUT2D eigenvalue weighted by Crippen LogP contribution is 2.17. The van der Waals surface area contributed by atoms with E-state index in [0.717, 1.165) is 45.2 Å². The number of rotatable bonds is 3. The molecule has 0 spiro atoms. The SMILES string of the molecule is CCCNC(=O)N1CCN(C2CCN(C)CC2)CC1. The van der Waals surface area contributed by atoms with Gasteiger partial charge in [-0.2, -0.15) is 0 Å². The molecule has 2 heterocycles. The Morgan fingerprint density at radius 3 is 2.32 bits per heavy atom. The highest BCUT2D eigenvalue weighted by molar-refractivity contribution is 5.74. The number of urea groups is 1. The van der Waals surface area contributed by atoms with Crippen molar-refractivity contribution in [3.63, 3.8) is 0 Å². The predicted octanol–water partition coefficient (Wildman–Crippen LogP) is 0.818. The largest absolute Gasteiger partial charge is 0.338 e. The lowest BCUT2D eigenvalue weighted by atomic mass is 10.0. The summed E-state index contributed by atoms with van der Waals surface area (Å²) in [4.78, 5) is 18.8. The number of carbonyl (C=O) groups excluding carboxylic acids is 1. The second kappa shape index (κ2) is 7.10. The molecule has 2 aliphatic rings. The lowest BCUT2D eigenvalue weighted by Gasteiger charge is -2.42. The van der Waals surface area contributed by atoms with Crippen LogP contribution < -0.4 is 5.32 Å². The topological polar surface area (TPSA) is 38.8 Å². The van der Waals surface area contributed by atoms with Gasteiger partial charge in [0.2, 0.25) is 0 Å². The molecule has 1 N–H and O–H groups in total. The lowest BCUT2D eigenvalue weighted by molar-refractivity contribution is 0.0750. The van der Waals surface area contributed by atoms with Crippen molar-refractivity contribution < 1.29 is 4.79 Å². The molecule has 0 unspecified atom stereocenters. The number of carbonyl (C=O) groups is 1. The summed E-state index contributed by atoms with van der Waals surface area (Å²) >= 11 is 0. The molecule has 2 rings (SSSR count). The molecule has 0 aromatic carbocycles. The summed E-state index contributed by atoms with van der Waals surface area (Å²) in [6, 6.07) is 0.849. The Balaban J connectivity index is 1.71. The lowest BCUT2D eigenvalue weighted by Crippen LogP contribution is -2.55. The first-order chi connectivity index (χ1) is 9.20. The molecule has 19 heavy (non-hydrogen) atoms. The smallest absolute Gasteiger partial charge is 0.317 e. The summed E-state index contributed by atoms with van der Waals surface area (Å²) in [6.07, 6.45) is 3.55. The average molecular weight is 268 g/mol. The first kappa shape index (κ1) is 14.6. The fourth-order valence-corrected chi connectivity index (χ4v) is 2.99. The van der Waals surface area contributed by atoms with Crippen LogP contribution in [0.4, 0.5) is 4.79 Å². The second-order valence-electron chi connectivity index (χ2n) is 5.79. The highest BCUT2D eigenvalue weighted by Gasteiger charge is 2.27. The van der Waals surface area contributed by atoms with Crippen LogP contribution in [0.15, 0.2) is 0 Å². The van der Waals surface area contributed by atoms with Crippen molar-refractivity contribution in [2.24, 2.45) is 0 Å². The van der Waals surface area contributed by atoms with E-state index in [0.29, 0.717) is 0 Å². The van der Waals surface area contributed by atoms with E-state index in [4.69, 9.17) is 0 Å². The van der Waals surface area contributed by atoms with Gasteiger partial charge in [-0.15, -0.1) is 0 Å². The normalized spacial score (nSPS) is 23.6. The van der Waals surface area contributed by atoms with E-state index >= 15 is 0 Å². The van der Waals surface area contributed by atoms with Crippen LogP contribution in [-0.2, 0) is 0 Å². The van der Waals surface area contributed by atoms with E-state index in [1.807, 2.05) is 4.90 Å². The van der Waals surface area contributed by atoms with Crippen LogP contribution in [0, 0.1) is 0 Å². The first-order valence-corrected chi connectivity index (χ1v) is 7.66. The summed E-state index contributed by atoms with van der Waals surface area (Å²) in [7, 11) is 2.20. The van der Waals surface area contributed by atoms with E-state index in [9.17, 15) is 4.79 Å². The van der Waals surface area contributed by atoms with Crippen molar-refractivity contribution >= 4 is 6.03 Å². The van der Waals surface area contributed by atoms with Gasteiger partial charge in [0.1, 0.15) is 0 Å². The maximum Gasteiger partial charge on any atom is 0.317 e. The van der Waals surface area contributed by atoms with E-state index < -0.39 is 0 Å². The van der Waals surface area contributed by atoms with Crippen LogP contribution in [0.5, 0.6) is 0 Å². The Morgan fingerprint density at radius 1 is 1.11 bits per heavy atom. The van der Waals surface area contributed by atoms with Gasteiger partial charge >= 0.3 is 6.03 Å². The Morgan fingerprint density at radius 2 is 1.74 bits per heavy atom. The van der Waals surface area contributed by atoms with Crippen LogP contribution in [0.3, 0.4) is 0 Å². The molecule has 0 saturated carbocycles. The minimum atomic E-state index is 0.116. The van der Waals surface area contributed by atoms with Gasteiger partial charge in [0.25, 0.3) is 0 Å². The quantitative estimate of drug-likeness (QED) is 0.823. The second-order valence-corrected chi connectivity index (χ2v) is 5.79. The van der Waals surface area contributed by atoms with Gasteiger partial charge in [0.15, 0.2) is 0 Å². The van der Waals surface area contributed by atoms with Crippen molar-refractivity contribution in [1.29, 1.82) is 0 Å². The zero-order valence-electron chi connectivity index (χ0n) is 12.4. The molecule has 2 aliphatic heterocycles. The molecule has 2 amide bonds. The third kappa shape index (κ3) is 4.08. The van der Waals surface area contributed by atoms with E-state index in [-0.39, 0.29) is 6.03 Å². The Hall–Kier alpha value is -0.810. The van der Waals surface area contributed by atoms with Gasteiger partial charge in [0, 0.05) is 38.8 Å². The number of hydrogen-bond acceptors (Lipinski definition) is 3. The molecule has 5 nitrogen and oxygen atoms in total. The fourth-order valence-electron chi connectivity index (χ4n) is 2.99. The summed E-state index contributed by atoms with van der Waals surface area (Å²) in [5.74, 6) is 0. The minimum Gasteiger partial charge on any atom is -0.338 e. The zero-order valence-corrected chi connectivity index (χ0v) is 12.4. The number of piperazine rings is 1. The van der Waals surface area contributed by atoms with Crippen LogP contribution in [0.1, 0.15) is 26.2 Å². The van der Waals surface area contributed by atoms with Gasteiger partial charge in [-0.05, 0) is 39.4 Å². The van der Waals surface area contributed by atoms with Gasteiger partial charge in [0.05, 0.1) is 0 Å². The minimum absolute atomic E-state index is 0.116. The van der Waals surface area contributed by atoms with Gasteiger partial charge in [-0.3, -0.25) is 4.90 Å². The molecule has 0 radical (unpaired) electrons. The van der Waals surface area contributed by atoms with E-state index in [1.165, 1.54) is 25.9 Å². The number of likely N-dealkylation sites (tertiary alicyclic amines) is 1. The number of hydrogen-bond donors (Lipinski definition) is 1. The maximum absolute atomic E-state index is 11.9. The number of nitrogens with zero attached hydrogens (tertiary/aromatic N) is 3. The third-order valence-corrected chi connectivity index (χ3v) is 4.33. The van der Waals surface area contributed by atoms with Gasteiger partial charge in [-0.1, -0.05) is 6.92 Å². The summed E-state index contributed by atoms with van der Waals surface area (Å²) in [5.41, 5.74) is 0. The molecule has 0 aromatic rings. The molecule has 0 aromatic heterocycles. The fraction of sp³-hybridized carbons (Fsp3) is 0.929. The monoisotopic (exact) mass is 268 g/mol. The standard InChI is InChI=1S/C14H28N4O/c1-3-6-15-14(19)18-11-9-17(10-12-18)13-4-7-16(2)8-5-13/h13H,3-12H2,1-2H3,(H,15,19). The summed E-state index contributed by atoms with van der Waals surface area (Å²) in [6.45, 7) is 9.11. The molecule has 2 saturated heterocycles. The van der Waals surface area contributed by atoms with E-state index in [1.54, 1.807) is 0 Å². The maximum atomic E-state index is 11.9. The van der Waals surface area contributed by atoms with E-state index in [2.05, 4.69) is 29.1 Å². The number of amides is 2. The summed E-state index contributed by atoms with van der Waals surface area (Å²) in [5, 5.41) is 2.96. The first-order valence-electron chi connectivity index (χ1n) is 7.66. The van der Waals surface area contributed by atoms with Crippen LogP contribution in [-0.4, -0.2) is 79.6 Å². The van der Waals surface area contributed by atoms with Crippen LogP contribution in [0.2, 0.25) is 0 Å². The molecule has 110 valence electrons. The molecule has 2 fully saturated rings. The molecule has 0 aliphatic carbocycles. The molecule has 0 atom stereocenters. The van der Waals surface area contributed by atoms with Crippen LogP contribution in [0.25, 0.3) is 0 Å². The van der Waals surface area contributed by atoms with Crippen molar-refractivity contribution in [3.8, 4) is 0 Å². The van der Waals surface area contributed by atoms with Crippen LogP contribution >= 0.6 is 0 Å². The Bertz CT molecular complexity index is 281. The third-order valence-electron chi connectivity index (χ3n) is 4.33. The zero-order chi connectivity index (χ0) is 13.7. The molecular formula is C14H28N4O. The van der Waals surface area contributed by atoms with Crippen molar-refractivity contribution in [2.45, 2.75) is 32.2 Å². The Kier molecular flexibility index (Phi) is 5.45. The van der Waals surface area contributed by atoms with Crippen molar-refractivity contribution in [2.75, 3.05) is 52.9 Å².